The van der Waals surface area contributed by atoms with Crippen LogP contribution in [0.3, 0.4) is 0 Å². The lowest BCUT2D eigenvalue weighted by Gasteiger charge is -2.16. The fourth-order valence-electron chi connectivity index (χ4n) is 3.03. The molecule has 6 heteroatoms. The Morgan fingerprint density at radius 3 is 2.57 bits per heavy atom. The normalized spacial score (nSPS) is 12.0. The number of rotatable bonds is 5. The fraction of sp³-hybridized carbons (Fsp3) is 0.0909. The van der Waals surface area contributed by atoms with E-state index in [-0.39, 0.29) is 11.1 Å². The summed E-state index contributed by atoms with van der Waals surface area (Å²) < 4.78 is 13.4. The van der Waals surface area contributed by atoms with E-state index in [4.69, 9.17) is 11.6 Å². The molecular weight excluding hydrogens is 375 g/mol. The van der Waals surface area contributed by atoms with Gasteiger partial charge in [-0.3, -0.25) is 9.97 Å². The number of halogens is 2. The first-order valence-corrected chi connectivity index (χ1v) is 9.26. The molecule has 2 aromatic heterocycles. The minimum Gasteiger partial charge on any atom is -0.377 e. The second-order valence-corrected chi connectivity index (χ2v) is 6.87. The van der Waals surface area contributed by atoms with E-state index >= 15 is 0 Å². The molecule has 2 N–H and O–H groups in total. The van der Waals surface area contributed by atoms with Crippen molar-refractivity contribution >= 4 is 39.6 Å². The first-order valence-electron chi connectivity index (χ1n) is 8.88. The number of hydrogen-bond donors (Lipinski definition) is 2. The summed E-state index contributed by atoms with van der Waals surface area (Å²) in [6.07, 6.45) is 3.52. The van der Waals surface area contributed by atoms with Crippen LogP contribution in [0.4, 0.5) is 21.5 Å². The van der Waals surface area contributed by atoms with Crippen LogP contribution in [0.1, 0.15) is 18.7 Å². The SMILES string of the molecule is C[C@@H](Nc1ccc2nccc(Nc3ccc(F)c(Cl)c3)c2c1)c1ccccn1. The van der Waals surface area contributed by atoms with Crippen LogP contribution in [0.2, 0.25) is 5.02 Å². The van der Waals surface area contributed by atoms with Crippen molar-refractivity contribution in [1.29, 1.82) is 0 Å². The van der Waals surface area contributed by atoms with Crippen LogP contribution >= 0.6 is 11.6 Å². The second-order valence-electron chi connectivity index (χ2n) is 6.46. The molecule has 0 unspecified atom stereocenters. The monoisotopic (exact) mass is 392 g/mol. The average Bonchev–Trinajstić information content (AvgIpc) is 2.72. The van der Waals surface area contributed by atoms with E-state index in [9.17, 15) is 4.39 Å². The van der Waals surface area contributed by atoms with Gasteiger partial charge in [0.05, 0.1) is 22.3 Å². The van der Waals surface area contributed by atoms with Gasteiger partial charge in [0.2, 0.25) is 0 Å². The Morgan fingerprint density at radius 2 is 1.79 bits per heavy atom. The van der Waals surface area contributed by atoms with Crippen LogP contribution < -0.4 is 10.6 Å². The maximum atomic E-state index is 13.4. The molecule has 0 bridgehead atoms. The van der Waals surface area contributed by atoms with Gasteiger partial charge in [0, 0.05) is 34.8 Å². The van der Waals surface area contributed by atoms with Crippen LogP contribution in [0, 0.1) is 5.82 Å². The van der Waals surface area contributed by atoms with Gasteiger partial charge in [0.15, 0.2) is 0 Å². The van der Waals surface area contributed by atoms with Gasteiger partial charge in [-0.15, -0.1) is 0 Å². The molecule has 0 saturated heterocycles. The van der Waals surface area contributed by atoms with Crippen molar-refractivity contribution < 1.29 is 4.39 Å². The third kappa shape index (κ3) is 3.89. The molecule has 0 fully saturated rings. The maximum absolute atomic E-state index is 13.4. The van der Waals surface area contributed by atoms with Gasteiger partial charge in [-0.1, -0.05) is 17.7 Å². The zero-order chi connectivity index (χ0) is 19.5. The molecule has 0 amide bonds. The van der Waals surface area contributed by atoms with Crippen molar-refractivity contribution in [3.8, 4) is 0 Å². The molecule has 0 saturated carbocycles. The largest absolute Gasteiger partial charge is 0.377 e. The Hall–Kier alpha value is -3.18. The first-order chi connectivity index (χ1) is 13.6. The van der Waals surface area contributed by atoms with E-state index in [1.807, 2.05) is 42.5 Å². The van der Waals surface area contributed by atoms with E-state index in [1.165, 1.54) is 6.07 Å². The predicted molar refractivity (Wildman–Crippen MR) is 113 cm³/mol. The summed E-state index contributed by atoms with van der Waals surface area (Å²) in [4.78, 5) is 8.82. The van der Waals surface area contributed by atoms with Gasteiger partial charge < -0.3 is 10.6 Å². The molecule has 4 rings (SSSR count). The Bertz CT molecular complexity index is 1120. The summed E-state index contributed by atoms with van der Waals surface area (Å²) in [5.74, 6) is -0.443. The predicted octanol–water partition coefficient (Wildman–Crippen LogP) is 6.34. The summed E-state index contributed by atoms with van der Waals surface area (Å²) in [6.45, 7) is 2.06. The zero-order valence-corrected chi connectivity index (χ0v) is 15.9. The summed E-state index contributed by atoms with van der Waals surface area (Å²) in [5.41, 5.74) is 4.35. The van der Waals surface area contributed by atoms with E-state index in [0.717, 1.165) is 28.0 Å². The molecule has 0 aliphatic rings. The Labute approximate surface area is 167 Å². The van der Waals surface area contributed by atoms with Crippen molar-refractivity contribution in [3.05, 3.63) is 89.6 Å². The number of benzene rings is 2. The molecule has 0 radical (unpaired) electrons. The highest BCUT2D eigenvalue weighted by molar-refractivity contribution is 6.31. The van der Waals surface area contributed by atoms with Gasteiger partial charge in [-0.2, -0.15) is 0 Å². The number of anilines is 3. The average molecular weight is 393 g/mol. The van der Waals surface area contributed by atoms with E-state index in [1.54, 1.807) is 24.5 Å². The smallest absolute Gasteiger partial charge is 0.141 e. The number of nitrogens with one attached hydrogen (secondary N) is 2. The summed E-state index contributed by atoms with van der Waals surface area (Å²) in [7, 11) is 0. The van der Waals surface area contributed by atoms with E-state index in [0.29, 0.717) is 5.69 Å². The number of nitrogens with zero attached hydrogens (tertiary/aromatic N) is 2. The highest BCUT2D eigenvalue weighted by atomic mass is 35.5. The molecule has 1 atom stereocenters. The van der Waals surface area contributed by atoms with Crippen molar-refractivity contribution in [2.75, 3.05) is 10.6 Å². The van der Waals surface area contributed by atoms with Gasteiger partial charge >= 0.3 is 0 Å². The lowest BCUT2D eigenvalue weighted by molar-refractivity contribution is 0.628. The van der Waals surface area contributed by atoms with Crippen molar-refractivity contribution in [2.45, 2.75) is 13.0 Å². The van der Waals surface area contributed by atoms with Crippen LogP contribution in [-0.2, 0) is 0 Å². The molecule has 2 heterocycles. The van der Waals surface area contributed by atoms with Crippen LogP contribution in [-0.4, -0.2) is 9.97 Å². The topological polar surface area (TPSA) is 49.8 Å². The number of pyridine rings is 2. The maximum Gasteiger partial charge on any atom is 0.141 e. The standard InChI is InChI=1S/C22H18ClFN4/c1-14(20-4-2-3-10-25-20)27-15-6-8-21-17(12-15)22(9-11-26-21)28-16-5-7-19(24)18(23)13-16/h2-14,27H,1H3,(H,26,28)/t14-/m1/s1. The third-order valence-corrected chi connectivity index (χ3v) is 4.74. The minimum atomic E-state index is -0.443. The van der Waals surface area contributed by atoms with Gasteiger partial charge in [-0.05, 0) is 61.5 Å². The second kappa shape index (κ2) is 7.82. The Balaban J connectivity index is 1.64. The Morgan fingerprint density at radius 1 is 0.929 bits per heavy atom. The summed E-state index contributed by atoms with van der Waals surface area (Å²) in [5, 5.41) is 7.79. The lowest BCUT2D eigenvalue weighted by Crippen LogP contribution is -2.08. The highest BCUT2D eigenvalue weighted by Gasteiger charge is 2.09. The first kappa shape index (κ1) is 18.2. The van der Waals surface area contributed by atoms with E-state index in [2.05, 4.69) is 27.5 Å². The molecule has 0 spiro atoms. The highest BCUT2D eigenvalue weighted by Crippen LogP contribution is 2.30. The molecule has 2 aromatic carbocycles. The molecule has 4 nitrogen and oxygen atoms in total. The van der Waals surface area contributed by atoms with Crippen molar-refractivity contribution in [2.24, 2.45) is 0 Å². The summed E-state index contributed by atoms with van der Waals surface area (Å²) >= 11 is 5.90. The number of aromatic nitrogens is 2. The van der Waals surface area contributed by atoms with Gasteiger partial charge in [-0.25, -0.2) is 4.39 Å². The molecule has 28 heavy (non-hydrogen) atoms. The minimum absolute atomic E-state index is 0.0580. The molecule has 4 aromatic rings. The number of hydrogen-bond acceptors (Lipinski definition) is 4. The van der Waals surface area contributed by atoms with Crippen molar-refractivity contribution in [3.63, 3.8) is 0 Å². The van der Waals surface area contributed by atoms with Gasteiger partial charge in [0.25, 0.3) is 0 Å². The third-order valence-electron chi connectivity index (χ3n) is 4.45. The van der Waals surface area contributed by atoms with Crippen LogP contribution in [0.5, 0.6) is 0 Å². The summed E-state index contributed by atoms with van der Waals surface area (Å²) in [6, 6.07) is 18.4. The molecule has 0 aliphatic carbocycles. The van der Waals surface area contributed by atoms with E-state index < -0.39 is 5.82 Å². The zero-order valence-electron chi connectivity index (χ0n) is 15.2. The Kier molecular flexibility index (Phi) is 5.08. The molecule has 0 aliphatic heterocycles. The molecule has 140 valence electrons. The fourth-order valence-corrected chi connectivity index (χ4v) is 3.21. The molecular formula is C22H18ClFN4. The van der Waals surface area contributed by atoms with Crippen molar-refractivity contribution in [1.82, 2.24) is 9.97 Å². The van der Waals surface area contributed by atoms with Gasteiger partial charge in [0.1, 0.15) is 5.82 Å². The van der Waals surface area contributed by atoms with Crippen LogP contribution in [0.25, 0.3) is 10.9 Å². The van der Waals surface area contributed by atoms with Crippen LogP contribution in [0.15, 0.2) is 73.1 Å². The number of fused-ring (bicyclic) bond motifs is 1. The lowest BCUT2D eigenvalue weighted by atomic mass is 10.1. The quantitative estimate of drug-likeness (QED) is 0.416.